The minimum absolute atomic E-state index is 0.0257. The molecule has 0 unspecified atom stereocenters. The molecule has 3 aromatic rings. The van der Waals surface area contributed by atoms with Crippen LogP contribution in [0.25, 0.3) is 22.4 Å². The van der Waals surface area contributed by atoms with Crippen LogP contribution in [0.5, 0.6) is 0 Å². The zero-order chi connectivity index (χ0) is 25.0. The van der Waals surface area contributed by atoms with Crippen molar-refractivity contribution in [3.8, 4) is 34.5 Å². The second-order valence-corrected chi connectivity index (χ2v) is 7.64. The Morgan fingerprint density at radius 2 is 1.71 bits per heavy atom. The number of rotatable bonds is 5. The smallest absolute Gasteiger partial charge is 0.383 e. The maximum Gasteiger partial charge on any atom is 0.416 e. The Morgan fingerprint density at radius 3 is 2.26 bits per heavy atom. The number of nitrogens with one attached hydrogen (secondary N) is 1. The highest BCUT2D eigenvalue weighted by molar-refractivity contribution is 5.93. The summed E-state index contributed by atoms with van der Waals surface area (Å²) in [4.78, 5) is 18.0. The molecule has 0 saturated heterocycles. The summed E-state index contributed by atoms with van der Waals surface area (Å²) in [5.74, 6) is -0.422. The molecule has 7 nitrogen and oxygen atoms in total. The van der Waals surface area contributed by atoms with E-state index in [1.165, 1.54) is 12.1 Å². The number of nitrogen functional groups attached to an aromatic ring is 1. The Kier molecular flexibility index (Phi) is 6.85. The number of aromatic nitrogens is 1. The van der Waals surface area contributed by atoms with Crippen LogP contribution in [0.3, 0.4) is 0 Å². The fraction of sp³-hybridized carbons (Fsp3) is 0.167. The van der Waals surface area contributed by atoms with Gasteiger partial charge in [0.25, 0.3) is 0 Å². The monoisotopic (exact) mass is 464 g/mol. The van der Waals surface area contributed by atoms with Gasteiger partial charge in [-0.25, -0.2) is 4.98 Å². The molecular weight excluding hydrogens is 445 g/mol. The number of nitrogens with two attached hydrogens (primary N) is 1. The Balaban J connectivity index is 2.16. The predicted molar refractivity (Wildman–Crippen MR) is 121 cm³/mol. The molecule has 0 aliphatic rings. The Hall–Kier alpha value is -4.41. The second-order valence-electron chi connectivity index (χ2n) is 7.64. The van der Waals surface area contributed by atoms with Gasteiger partial charge < -0.3 is 16.0 Å². The molecule has 0 spiro atoms. The first-order chi connectivity index (χ1) is 16.0. The molecule has 34 heavy (non-hydrogen) atoms. The number of amides is 1. The number of carbonyl (C=O) groups is 1. The molecule has 0 fully saturated rings. The highest BCUT2D eigenvalue weighted by Gasteiger charge is 2.30. The lowest BCUT2D eigenvalue weighted by Crippen LogP contribution is -2.27. The van der Waals surface area contributed by atoms with Crippen LogP contribution < -0.4 is 11.1 Å². The van der Waals surface area contributed by atoms with Gasteiger partial charge in [-0.1, -0.05) is 24.3 Å². The van der Waals surface area contributed by atoms with Crippen LogP contribution in [-0.2, 0) is 11.0 Å². The summed E-state index contributed by atoms with van der Waals surface area (Å²) in [7, 11) is 3.50. The van der Waals surface area contributed by atoms with E-state index in [4.69, 9.17) is 5.73 Å². The summed E-state index contributed by atoms with van der Waals surface area (Å²) >= 11 is 0. The molecule has 0 atom stereocenters. The molecule has 0 aliphatic carbocycles. The van der Waals surface area contributed by atoms with Crippen molar-refractivity contribution in [1.29, 1.82) is 10.5 Å². The second kappa shape index (κ2) is 9.61. The normalized spacial score (nSPS) is 11.1. The molecule has 172 valence electrons. The van der Waals surface area contributed by atoms with Crippen molar-refractivity contribution in [3.05, 3.63) is 65.2 Å². The third kappa shape index (κ3) is 5.14. The SMILES string of the molecule is CN(C)CC(=O)Nc1cccc(-c2nc(N)c(C#N)c(-c3ccc(C(F)(F)F)cc3)c2C#N)c1. The lowest BCUT2D eigenvalue weighted by molar-refractivity contribution is -0.137. The zero-order valence-electron chi connectivity index (χ0n) is 18.2. The average molecular weight is 464 g/mol. The number of pyridine rings is 1. The number of likely N-dealkylation sites (N-methyl/N-ethyl adjacent to an activating group) is 1. The van der Waals surface area contributed by atoms with E-state index >= 15 is 0 Å². The number of benzene rings is 2. The van der Waals surface area contributed by atoms with Gasteiger partial charge in [0, 0.05) is 16.8 Å². The van der Waals surface area contributed by atoms with E-state index in [0.717, 1.165) is 12.1 Å². The third-order valence-electron chi connectivity index (χ3n) is 4.83. The Bertz CT molecular complexity index is 1320. The Morgan fingerprint density at radius 1 is 1.06 bits per heavy atom. The van der Waals surface area contributed by atoms with Crippen LogP contribution in [0.15, 0.2) is 48.5 Å². The van der Waals surface area contributed by atoms with E-state index < -0.39 is 11.7 Å². The Labute approximate surface area is 193 Å². The number of anilines is 2. The largest absolute Gasteiger partial charge is 0.416 e. The van der Waals surface area contributed by atoms with Crippen LogP contribution in [0.4, 0.5) is 24.7 Å². The van der Waals surface area contributed by atoms with Gasteiger partial charge in [0.1, 0.15) is 23.5 Å². The van der Waals surface area contributed by atoms with Crippen molar-refractivity contribution in [2.75, 3.05) is 31.7 Å². The molecule has 0 bridgehead atoms. The van der Waals surface area contributed by atoms with E-state index in [2.05, 4.69) is 10.3 Å². The van der Waals surface area contributed by atoms with Crippen LogP contribution >= 0.6 is 0 Å². The molecule has 2 aromatic carbocycles. The van der Waals surface area contributed by atoms with Crippen molar-refractivity contribution in [3.63, 3.8) is 0 Å². The molecule has 1 amide bonds. The number of nitriles is 2. The fourth-order valence-corrected chi connectivity index (χ4v) is 3.38. The summed E-state index contributed by atoms with van der Waals surface area (Å²) in [5.41, 5.74) is 6.32. The molecule has 1 aromatic heterocycles. The predicted octanol–water partition coefficient (Wildman–Crippen LogP) is 4.26. The first-order valence-electron chi connectivity index (χ1n) is 9.91. The summed E-state index contributed by atoms with van der Waals surface area (Å²) in [5, 5.41) is 22.3. The van der Waals surface area contributed by atoms with Gasteiger partial charge in [-0.2, -0.15) is 23.7 Å². The first kappa shape index (κ1) is 24.2. The van der Waals surface area contributed by atoms with E-state index in [-0.39, 0.29) is 46.2 Å². The van der Waals surface area contributed by atoms with Crippen molar-refractivity contribution in [1.82, 2.24) is 9.88 Å². The van der Waals surface area contributed by atoms with Gasteiger partial charge in [-0.3, -0.25) is 4.79 Å². The zero-order valence-corrected chi connectivity index (χ0v) is 18.2. The van der Waals surface area contributed by atoms with E-state index in [1.807, 2.05) is 12.1 Å². The van der Waals surface area contributed by atoms with E-state index in [9.17, 15) is 28.5 Å². The van der Waals surface area contributed by atoms with Crippen LogP contribution in [0, 0.1) is 22.7 Å². The number of carbonyl (C=O) groups excluding carboxylic acids is 1. The molecule has 0 saturated carbocycles. The number of nitrogens with zero attached hydrogens (tertiary/aromatic N) is 4. The lowest BCUT2D eigenvalue weighted by atomic mass is 9.92. The van der Waals surface area contributed by atoms with Crippen LogP contribution in [0.2, 0.25) is 0 Å². The summed E-state index contributed by atoms with van der Waals surface area (Å²) in [6.45, 7) is 0.161. The summed E-state index contributed by atoms with van der Waals surface area (Å²) in [6.07, 6.45) is -4.53. The average Bonchev–Trinajstić information content (AvgIpc) is 2.77. The highest BCUT2D eigenvalue weighted by atomic mass is 19.4. The van der Waals surface area contributed by atoms with Crippen molar-refractivity contribution in [2.45, 2.75) is 6.18 Å². The number of hydrogen-bond donors (Lipinski definition) is 2. The first-order valence-corrected chi connectivity index (χ1v) is 9.91. The highest BCUT2D eigenvalue weighted by Crippen LogP contribution is 2.38. The maximum absolute atomic E-state index is 13.0. The molecule has 3 N–H and O–H groups in total. The van der Waals surface area contributed by atoms with Crippen LogP contribution in [-0.4, -0.2) is 36.4 Å². The van der Waals surface area contributed by atoms with E-state index in [0.29, 0.717) is 11.3 Å². The van der Waals surface area contributed by atoms with Gasteiger partial charge >= 0.3 is 6.18 Å². The molecular formula is C24H19F3N6O. The van der Waals surface area contributed by atoms with Gasteiger partial charge in [-0.05, 0) is 43.9 Å². The minimum Gasteiger partial charge on any atom is -0.383 e. The maximum atomic E-state index is 13.0. The molecule has 10 heteroatoms. The van der Waals surface area contributed by atoms with Gasteiger partial charge in [0.2, 0.25) is 5.91 Å². The third-order valence-corrected chi connectivity index (χ3v) is 4.83. The number of hydrogen-bond acceptors (Lipinski definition) is 6. The quantitative estimate of drug-likeness (QED) is 0.582. The minimum atomic E-state index is -4.53. The lowest BCUT2D eigenvalue weighted by Gasteiger charge is -2.15. The molecule has 1 heterocycles. The molecule has 0 radical (unpaired) electrons. The van der Waals surface area contributed by atoms with Gasteiger partial charge in [0.05, 0.1) is 23.4 Å². The van der Waals surface area contributed by atoms with Gasteiger partial charge in [0.15, 0.2) is 0 Å². The number of alkyl halides is 3. The van der Waals surface area contributed by atoms with Crippen LogP contribution in [0.1, 0.15) is 16.7 Å². The molecule has 3 rings (SSSR count). The molecule has 0 aliphatic heterocycles. The number of halogens is 3. The fourth-order valence-electron chi connectivity index (χ4n) is 3.38. The van der Waals surface area contributed by atoms with E-state index in [1.54, 1.807) is 43.3 Å². The summed E-state index contributed by atoms with van der Waals surface area (Å²) in [6, 6.07) is 14.6. The van der Waals surface area contributed by atoms with Crippen molar-refractivity contribution < 1.29 is 18.0 Å². The van der Waals surface area contributed by atoms with Crippen molar-refractivity contribution in [2.24, 2.45) is 0 Å². The van der Waals surface area contributed by atoms with Crippen molar-refractivity contribution >= 4 is 17.4 Å². The van der Waals surface area contributed by atoms with Gasteiger partial charge in [-0.15, -0.1) is 0 Å². The standard InChI is InChI=1S/C24H19F3N6O/c1-33(2)13-20(34)31-17-5-3-4-15(10-17)22-18(11-28)21(19(12-29)23(30)32-22)14-6-8-16(9-7-14)24(25,26)27/h3-10H,13H2,1-2H3,(H2,30,32)(H,31,34). The summed E-state index contributed by atoms with van der Waals surface area (Å²) < 4.78 is 39.0. The topological polar surface area (TPSA) is 119 Å².